The molecule has 336 valence electrons. The number of carbonyl (C=O) groups is 3. The molecule has 7 rings (SSSR count). The number of nitrogens with one attached hydrogen (secondary N) is 1. The monoisotopic (exact) mass is 848 g/mol. The van der Waals surface area contributed by atoms with Crippen molar-refractivity contribution in [3.8, 4) is 0 Å². The maximum absolute atomic E-state index is 12.5. The lowest BCUT2D eigenvalue weighted by molar-refractivity contribution is -0.136. The highest BCUT2D eigenvalue weighted by atomic mass is 32.2. The maximum atomic E-state index is 12.5. The molecule has 2 aromatic carbocycles. The van der Waals surface area contributed by atoms with E-state index in [0.29, 0.717) is 28.2 Å². The Labute approximate surface area is 368 Å². The summed E-state index contributed by atoms with van der Waals surface area (Å²) in [6, 6.07) is 15.5. The molecule has 5 saturated carbocycles. The SMILES string of the molecule is CCC1CCCCC1(C)CC.CC[C@H]1CC2C3CCC(CCCC(=O)NSc4ccc(C(=O)O)cc4)C3(C)CCC2C2(C)CCCCC12.CO.COC(=O)c1ccccc1. The van der Waals surface area contributed by atoms with Gasteiger partial charge < -0.3 is 14.9 Å². The molecule has 7 nitrogen and oxygen atoms in total. The third kappa shape index (κ3) is 12.0. The van der Waals surface area contributed by atoms with E-state index >= 15 is 0 Å². The van der Waals surface area contributed by atoms with Crippen molar-refractivity contribution in [1.29, 1.82) is 0 Å². The van der Waals surface area contributed by atoms with Crippen LogP contribution in [0.1, 0.15) is 184 Å². The standard InChI is InChI=1S/C32H47NO3S.C11H22.C8H8O2.CH4O/c1-4-21-20-25-27-16-13-23(31(27,2)19-17-28(25)32(3)18-6-5-9-26(21)32)8-7-10-29(34)33-37-24-14-11-22(12-15-24)30(35)36;1-4-10-8-6-7-9-11(10,3)5-2;1-10-8(9)7-5-3-2-4-6-7;1-2/h11-12,14-15,21,23,25-28H,4-10,13,16-20H2,1-3H3,(H,33,34)(H,35,36);10H,4-9H2,1-3H3;2-6H,1H3;2H,1H3/t21-,23?,25?,26?,27?,28?,31?,32?;;;/m0.../s1. The zero-order chi connectivity index (χ0) is 43.9. The quantitative estimate of drug-likeness (QED) is 0.152. The summed E-state index contributed by atoms with van der Waals surface area (Å²) in [7, 11) is 2.37. The molecule has 9 unspecified atom stereocenters. The van der Waals surface area contributed by atoms with Crippen molar-refractivity contribution >= 4 is 29.8 Å². The van der Waals surface area contributed by atoms with E-state index in [-0.39, 0.29) is 17.4 Å². The van der Waals surface area contributed by atoms with Gasteiger partial charge in [0.15, 0.2) is 0 Å². The van der Waals surface area contributed by atoms with Crippen LogP contribution >= 0.6 is 11.9 Å². The first-order valence-corrected chi connectivity index (χ1v) is 24.5. The Hall–Kier alpha value is -2.84. The van der Waals surface area contributed by atoms with Crippen LogP contribution in [0.3, 0.4) is 0 Å². The summed E-state index contributed by atoms with van der Waals surface area (Å²) < 4.78 is 7.45. The predicted octanol–water partition coefficient (Wildman–Crippen LogP) is 13.4. The highest BCUT2D eigenvalue weighted by molar-refractivity contribution is 7.98. The van der Waals surface area contributed by atoms with Gasteiger partial charge in [-0.2, -0.15) is 0 Å². The van der Waals surface area contributed by atoms with Crippen molar-refractivity contribution in [2.45, 2.75) is 168 Å². The molecule has 5 aliphatic rings. The predicted molar refractivity (Wildman–Crippen MR) is 247 cm³/mol. The van der Waals surface area contributed by atoms with Crippen molar-refractivity contribution in [3.05, 3.63) is 65.7 Å². The number of aromatic carboxylic acids is 1. The van der Waals surface area contributed by atoms with Gasteiger partial charge in [-0.1, -0.05) is 105 Å². The minimum absolute atomic E-state index is 0.0741. The van der Waals surface area contributed by atoms with Gasteiger partial charge in [-0.15, -0.1) is 0 Å². The minimum Gasteiger partial charge on any atom is -0.478 e. The van der Waals surface area contributed by atoms with Gasteiger partial charge in [0.05, 0.1) is 18.2 Å². The average Bonchev–Trinajstić information content (AvgIpc) is 3.62. The second kappa shape index (κ2) is 23.6. The Bertz CT molecular complexity index is 1620. The fourth-order valence-electron chi connectivity index (χ4n) is 13.3. The topological polar surface area (TPSA) is 113 Å². The molecule has 0 aromatic heterocycles. The summed E-state index contributed by atoms with van der Waals surface area (Å²) in [5, 5.41) is 16.0. The molecule has 5 fully saturated rings. The zero-order valence-corrected chi connectivity index (χ0v) is 39.4. The lowest BCUT2D eigenvalue weighted by Crippen LogP contribution is -2.55. The van der Waals surface area contributed by atoms with Crippen LogP contribution in [0.4, 0.5) is 0 Å². The largest absolute Gasteiger partial charge is 0.478 e. The fourth-order valence-corrected chi connectivity index (χ4v) is 13.9. The van der Waals surface area contributed by atoms with E-state index in [1.165, 1.54) is 128 Å². The van der Waals surface area contributed by atoms with Crippen LogP contribution in [0, 0.1) is 57.7 Å². The van der Waals surface area contributed by atoms with Crippen LogP contribution in [0.15, 0.2) is 59.5 Å². The van der Waals surface area contributed by atoms with Gasteiger partial charge >= 0.3 is 11.9 Å². The highest BCUT2D eigenvalue weighted by Crippen LogP contribution is 2.69. The van der Waals surface area contributed by atoms with Gasteiger partial charge in [0.2, 0.25) is 5.91 Å². The molecule has 0 bridgehead atoms. The molecular weight excluding hydrogens is 767 g/mol. The number of carboxylic acids is 1. The average molecular weight is 848 g/mol. The Kier molecular flexibility index (Phi) is 19.6. The molecule has 5 aliphatic carbocycles. The summed E-state index contributed by atoms with van der Waals surface area (Å²) in [6.07, 6.45) is 25.7. The second-order valence-corrected chi connectivity index (χ2v) is 20.4. The molecule has 0 aliphatic heterocycles. The highest BCUT2D eigenvalue weighted by Gasteiger charge is 2.61. The summed E-state index contributed by atoms with van der Waals surface area (Å²) in [4.78, 5) is 35.2. The molecule has 0 heterocycles. The Morgan fingerprint density at radius 1 is 0.733 bits per heavy atom. The van der Waals surface area contributed by atoms with E-state index in [1.807, 2.05) is 6.07 Å². The van der Waals surface area contributed by atoms with Crippen LogP contribution < -0.4 is 4.72 Å². The van der Waals surface area contributed by atoms with Crippen LogP contribution in [-0.4, -0.2) is 42.3 Å². The molecule has 60 heavy (non-hydrogen) atoms. The Morgan fingerprint density at radius 3 is 2.02 bits per heavy atom. The van der Waals surface area contributed by atoms with E-state index in [2.05, 4.69) is 51.0 Å². The van der Waals surface area contributed by atoms with Crippen molar-refractivity contribution in [1.82, 2.24) is 4.72 Å². The minimum atomic E-state index is -0.932. The van der Waals surface area contributed by atoms with E-state index in [9.17, 15) is 14.4 Å². The van der Waals surface area contributed by atoms with E-state index in [1.54, 1.807) is 48.5 Å². The van der Waals surface area contributed by atoms with Crippen LogP contribution in [-0.2, 0) is 9.53 Å². The lowest BCUT2D eigenvalue weighted by atomic mass is 9.42. The number of carbonyl (C=O) groups excluding carboxylic acids is 2. The van der Waals surface area contributed by atoms with Crippen molar-refractivity contribution in [2.24, 2.45) is 57.7 Å². The number of rotatable bonds is 11. The second-order valence-electron chi connectivity index (χ2n) is 19.5. The van der Waals surface area contributed by atoms with Gasteiger partial charge in [-0.05, 0) is 177 Å². The summed E-state index contributed by atoms with van der Waals surface area (Å²) in [6.45, 7) is 15.0. The van der Waals surface area contributed by atoms with Crippen LogP contribution in [0.5, 0.6) is 0 Å². The van der Waals surface area contributed by atoms with Gasteiger partial charge in [0, 0.05) is 18.4 Å². The molecule has 1 amide bonds. The van der Waals surface area contributed by atoms with Gasteiger partial charge in [-0.25, -0.2) is 9.59 Å². The van der Waals surface area contributed by atoms with Crippen molar-refractivity contribution < 1.29 is 29.3 Å². The molecule has 8 heteroatoms. The molecule has 2 aromatic rings. The van der Waals surface area contributed by atoms with Gasteiger partial charge in [0.25, 0.3) is 0 Å². The third-order valence-corrected chi connectivity index (χ3v) is 17.7. The summed E-state index contributed by atoms with van der Waals surface area (Å²) >= 11 is 1.28. The van der Waals surface area contributed by atoms with E-state index < -0.39 is 5.97 Å². The van der Waals surface area contributed by atoms with E-state index in [4.69, 9.17) is 10.2 Å². The molecule has 10 atom stereocenters. The normalized spacial score (nSPS) is 32.6. The molecular formula is C52H81NO6S. The third-order valence-electron chi connectivity index (χ3n) is 16.8. The van der Waals surface area contributed by atoms with Gasteiger partial charge in [0.1, 0.15) is 0 Å². The molecule has 0 radical (unpaired) electrons. The number of aliphatic hydroxyl groups excluding tert-OH is 1. The zero-order valence-electron chi connectivity index (χ0n) is 38.6. The number of hydrogen-bond acceptors (Lipinski definition) is 6. The number of hydrogen-bond donors (Lipinski definition) is 3. The van der Waals surface area contributed by atoms with Crippen molar-refractivity contribution in [2.75, 3.05) is 14.2 Å². The number of ether oxygens (including phenoxy) is 1. The fraction of sp³-hybridized carbons (Fsp3) is 0.712. The Morgan fingerprint density at radius 2 is 1.40 bits per heavy atom. The smallest absolute Gasteiger partial charge is 0.337 e. The summed E-state index contributed by atoms with van der Waals surface area (Å²) in [5.74, 6) is 5.31. The number of carboxylic acid groups (broad SMARTS) is 1. The number of benzene rings is 2. The number of fused-ring (bicyclic) bond motifs is 5. The van der Waals surface area contributed by atoms with Gasteiger partial charge in [-0.3, -0.25) is 9.52 Å². The molecule has 0 spiro atoms. The molecule has 0 saturated heterocycles. The summed E-state index contributed by atoms with van der Waals surface area (Å²) in [5.41, 5.74) is 2.59. The Balaban J connectivity index is 0.000000280. The first-order chi connectivity index (χ1) is 28.8. The van der Waals surface area contributed by atoms with Crippen molar-refractivity contribution in [3.63, 3.8) is 0 Å². The number of amides is 1. The van der Waals surface area contributed by atoms with Crippen LogP contribution in [0.2, 0.25) is 0 Å². The maximum Gasteiger partial charge on any atom is 0.337 e. The first kappa shape index (κ1) is 49.8. The number of aliphatic hydroxyl groups is 1. The number of methoxy groups -OCH3 is 1. The lowest BCUT2D eigenvalue weighted by Gasteiger charge is -2.62. The first-order valence-electron chi connectivity index (χ1n) is 23.7. The van der Waals surface area contributed by atoms with E-state index in [0.717, 1.165) is 59.9 Å². The van der Waals surface area contributed by atoms with Crippen LogP contribution in [0.25, 0.3) is 0 Å². The number of esters is 1. The molecule has 3 N–H and O–H groups in total.